The lowest BCUT2D eigenvalue weighted by Gasteiger charge is -1.99. The van der Waals surface area contributed by atoms with Gasteiger partial charge in [-0.1, -0.05) is 0 Å². The number of aromatic nitrogens is 1. The summed E-state index contributed by atoms with van der Waals surface area (Å²) in [7, 11) is 0. The number of Topliss-reactive ketones (excluding diaryl/α,β-unsaturated/α-hetero) is 2. The van der Waals surface area contributed by atoms with Crippen LogP contribution in [0, 0.1) is 10.1 Å². The summed E-state index contributed by atoms with van der Waals surface area (Å²) in [4.78, 5) is 33.4. The Labute approximate surface area is 137 Å². The third-order valence-electron chi connectivity index (χ3n) is 2.99. The van der Waals surface area contributed by atoms with Crippen molar-refractivity contribution in [3.63, 3.8) is 0 Å². The van der Waals surface area contributed by atoms with Gasteiger partial charge in [-0.3, -0.25) is 19.7 Å². The summed E-state index contributed by atoms with van der Waals surface area (Å²) in [5.41, 5.74) is 0.855. The zero-order valence-electron chi connectivity index (χ0n) is 11.8. The van der Waals surface area contributed by atoms with Crippen LogP contribution in [0.4, 0.5) is 5.69 Å². The van der Waals surface area contributed by atoms with Crippen LogP contribution in [0.25, 0.3) is 0 Å². The van der Waals surface area contributed by atoms with Crippen LogP contribution >= 0.6 is 17.0 Å². The van der Waals surface area contributed by atoms with Crippen molar-refractivity contribution >= 4 is 34.2 Å². The molecule has 0 aliphatic heterocycles. The summed E-state index contributed by atoms with van der Waals surface area (Å²) in [6, 6.07) is 8.81. The van der Waals surface area contributed by atoms with E-state index in [-0.39, 0.29) is 40.8 Å². The largest absolute Gasteiger partial charge is 0.294 e. The van der Waals surface area contributed by atoms with Crippen LogP contribution in [0.15, 0.2) is 48.8 Å². The third-order valence-corrected chi connectivity index (χ3v) is 2.99. The number of carbonyl (C=O) groups excluding carboxylic acids is 2. The zero-order valence-corrected chi connectivity index (χ0v) is 13.5. The van der Waals surface area contributed by atoms with Gasteiger partial charge in [-0.2, -0.15) is 4.57 Å². The minimum atomic E-state index is -0.515. The van der Waals surface area contributed by atoms with Crippen LogP contribution in [-0.4, -0.2) is 16.5 Å². The van der Waals surface area contributed by atoms with E-state index in [1.165, 1.54) is 31.2 Å². The Morgan fingerprint density at radius 1 is 1.14 bits per heavy atom. The fourth-order valence-electron chi connectivity index (χ4n) is 1.85. The summed E-state index contributed by atoms with van der Waals surface area (Å²) in [6.45, 7) is 1.52. The number of hydrogen-bond donors (Lipinski definition) is 0. The number of pyridine rings is 1. The van der Waals surface area contributed by atoms with Crippen molar-refractivity contribution < 1.29 is 19.1 Å². The molecule has 0 unspecified atom stereocenters. The molecule has 7 heteroatoms. The molecule has 114 valence electrons. The molecule has 0 aliphatic rings. The summed E-state index contributed by atoms with van der Waals surface area (Å²) >= 11 is 0. The lowest BCUT2D eigenvalue weighted by atomic mass is 10.1. The van der Waals surface area contributed by atoms with Gasteiger partial charge in [-0.25, -0.2) is 0 Å². The van der Waals surface area contributed by atoms with Crippen LogP contribution in [0.3, 0.4) is 0 Å². The van der Waals surface area contributed by atoms with Crippen LogP contribution < -0.4 is 4.57 Å². The molecular weight excluding hydrogens is 352 g/mol. The molecule has 0 atom stereocenters. The van der Waals surface area contributed by atoms with Gasteiger partial charge < -0.3 is 0 Å². The van der Waals surface area contributed by atoms with Gasteiger partial charge >= 0.3 is 0 Å². The van der Waals surface area contributed by atoms with E-state index in [0.29, 0.717) is 11.1 Å². The Hall–Kier alpha value is -2.41. The number of rotatable bonds is 5. The molecule has 2 rings (SSSR count). The van der Waals surface area contributed by atoms with Crippen LogP contribution in [0.5, 0.6) is 0 Å². The lowest BCUT2D eigenvalue weighted by molar-refractivity contribution is -0.683. The van der Waals surface area contributed by atoms with E-state index in [1.807, 2.05) is 0 Å². The minimum Gasteiger partial charge on any atom is -0.294 e. The van der Waals surface area contributed by atoms with Gasteiger partial charge in [0.15, 0.2) is 18.2 Å². The molecule has 0 aliphatic carbocycles. The molecule has 1 aromatic carbocycles. The molecule has 6 nitrogen and oxygen atoms in total. The second kappa shape index (κ2) is 7.56. The first-order chi connectivity index (χ1) is 9.97. The predicted molar refractivity (Wildman–Crippen MR) is 84.4 cm³/mol. The van der Waals surface area contributed by atoms with Crippen molar-refractivity contribution in [2.75, 3.05) is 0 Å². The summed E-state index contributed by atoms with van der Waals surface area (Å²) in [5.74, 6) is -0.261. The molecular formula is C15H14BrN2O4+. The van der Waals surface area contributed by atoms with Gasteiger partial charge in [0.1, 0.15) is 0 Å². The maximum Gasteiger partial charge on any atom is 0.269 e. The van der Waals surface area contributed by atoms with Crippen molar-refractivity contribution in [2.24, 2.45) is 0 Å². The Morgan fingerprint density at radius 2 is 1.77 bits per heavy atom. The Kier molecular flexibility index (Phi) is 6.06. The van der Waals surface area contributed by atoms with Crippen LogP contribution in [-0.2, 0) is 6.54 Å². The Balaban J connectivity index is 0.00000242. The smallest absolute Gasteiger partial charge is 0.269 e. The maximum absolute atomic E-state index is 12.1. The molecule has 1 heterocycles. The number of carbonyl (C=O) groups is 2. The highest BCUT2D eigenvalue weighted by Crippen LogP contribution is 2.12. The lowest BCUT2D eigenvalue weighted by Crippen LogP contribution is -2.37. The van der Waals surface area contributed by atoms with Gasteiger partial charge in [0.2, 0.25) is 12.3 Å². The average Bonchev–Trinajstić information content (AvgIpc) is 2.47. The first-order valence-electron chi connectivity index (χ1n) is 6.25. The molecule has 0 saturated heterocycles. The van der Waals surface area contributed by atoms with E-state index in [0.717, 1.165) is 0 Å². The number of nitrogens with zero attached hydrogens (tertiary/aromatic N) is 2. The number of benzene rings is 1. The second-order valence-corrected chi connectivity index (χ2v) is 4.55. The second-order valence-electron chi connectivity index (χ2n) is 4.55. The molecule has 0 spiro atoms. The maximum atomic E-state index is 12.1. The van der Waals surface area contributed by atoms with Gasteiger partial charge in [0.05, 0.1) is 10.5 Å². The van der Waals surface area contributed by atoms with E-state index in [2.05, 4.69) is 0 Å². The number of hydrogen-bond acceptors (Lipinski definition) is 4. The predicted octanol–water partition coefficient (Wildman–Crippen LogP) is 2.55. The van der Waals surface area contributed by atoms with E-state index >= 15 is 0 Å². The monoisotopic (exact) mass is 365 g/mol. The quantitative estimate of drug-likeness (QED) is 0.353. The number of non-ortho nitro benzene ring substituents is 1. The molecule has 0 N–H and O–H groups in total. The van der Waals surface area contributed by atoms with Crippen molar-refractivity contribution in [1.82, 2.24) is 0 Å². The molecule has 1 aromatic heterocycles. The number of ketones is 2. The number of nitro groups is 1. The summed E-state index contributed by atoms with van der Waals surface area (Å²) < 4.78 is 1.61. The van der Waals surface area contributed by atoms with Gasteiger partial charge in [-0.15, -0.1) is 17.0 Å². The highest BCUT2D eigenvalue weighted by molar-refractivity contribution is 8.93. The number of halogens is 1. The average molecular weight is 366 g/mol. The zero-order chi connectivity index (χ0) is 15.4. The first-order valence-corrected chi connectivity index (χ1v) is 6.25. The van der Waals surface area contributed by atoms with Gasteiger partial charge in [-0.05, 0) is 25.1 Å². The minimum absolute atomic E-state index is 0. The Bertz CT molecular complexity index is 714. The van der Waals surface area contributed by atoms with Crippen molar-refractivity contribution in [3.8, 4) is 0 Å². The van der Waals surface area contributed by atoms with Gasteiger partial charge in [0, 0.05) is 23.8 Å². The molecule has 0 bridgehead atoms. The van der Waals surface area contributed by atoms with E-state index < -0.39 is 4.92 Å². The molecule has 0 saturated carbocycles. The molecule has 0 fully saturated rings. The highest BCUT2D eigenvalue weighted by Gasteiger charge is 2.15. The number of nitro benzene ring substituents is 1. The van der Waals surface area contributed by atoms with Crippen molar-refractivity contribution in [2.45, 2.75) is 13.5 Å². The van der Waals surface area contributed by atoms with Gasteiger partial charge in [0.25, 0.3) is 5.69 Å². The fourth-order valence-corrected chi connectivity index (χ4v) is 1.85. The van der Waals surface area contributed by atoms with Crippen molar-refractivity contribution in [1.29, 1.82) is 0 Å². The van der Waals surface area contributed by atoms with E-state index in [1.54, 1.807) is 29.1 Å². The third kappa shape index (κ3) is 4.29. The summed E-state index contributed by atoms with van der Waals surface area (Å²) in [6.07, 6.45) is 3.29. The normalized spacial score (nSPS) is 9.68. The van der Waals surface area contributed by atoms with Crippen LogP contribution in [0.2, 0.25) is 0 Å². The van der Waals surface area contributed by atoms with Crippen molar-refractivity contribution in [3.05, 3.63) is 70.0 Å². The Morgan fingerprint density at radius 3 is 2.32 bits per heavy atom. The molecule has 0 radical (unpaired) electrons. The fraction of sp³-hybridized carbons (Fsp3) is 0.133. The topological polar surface area (TPSA) is 81.2 Å². The van der Waals surface area contributed by atoms with E-state index in [4.69, 9.17) is 0 Å². The van der Waals surface area contributed by atoms with E-state index in [9.17, 15) is 19.7 Å². The summed E-state index contributed by atoms with van der Waals surface area (Å²) in [5, 5.41) is 10.6. The van der Waals surface area contributed by atoms with Crippen LogP contribution in [0.1, 0.15) is 27.6 Å². The SMILES string of the molecule is Br.CC(=O)c1ccc[n+](CC(=O)c2ccc([N+](=O)[O-])cc2)c1. The first kappa shape index (κ1) is 17.6. The highest BCUT2D eigenvalue weighted by atomic mass is 79.9. The standard InChI is InChI=1S/C15H13N2O4.BrH/c1-11(18)13-3-2-8-16(9-13)10-15(19)12-4-6-14(7-5-12)17(20)21;/h2-9H,10H2,1H3;1H/q+1;. The molecule has 22 heavy (non-hydrogen) atoms. The molecule has 2 aromatic rings. The molecule has 0 amide bonds.